The van der Waals surface area contributed by atoms with Crippen LogP contribution in [0.4, 0.5) is 0 Å². The fraction of sp³-hybridized carbons (Fsp3) is 0.844. The fourth-order valence-electron chi connectivity index (χ4n) is 10.7. The predicted molar refractivity (Wildman–Crippen MR) is 142 cm³/mol. The van der Waals surface area contributed by atoms with Crippen molar-refractivity contribution in [3.05, 3.63) is 11.6 Å². The molecule has 3 unspecified atom stereocenters. The van der Waals surface area contributed by atoms with Gasteiger partial charge in [-0.3, -0.25) is 9.59 Å². The number of rotatable bonds is 2. The van der Waals surface area contributed by atoms with Gasteiger partial charge in [-0.05, 0) is 90.3 Å². The highest BCUT2D eigenvalue weighted by molar-refractivity contribution is 5.84. The molecule has 0 heterocycles. The van der Waals surface area contributed by atoms with Gasteiger partial charge in [0.2, 0.25) is 0 Å². The van der Waals surface area contributed by atoms with Crippen LogP contribution in [-0.4, -0.2) is 29.6 Å². The summed E-state index contributed by atoms with van der Waals surface area (Å²) in [5.74, 6) is 0.789. The average molecular weight is 510 g/mol. The normalized spacial score (nSPS) is 50.4. The van der Waals surface area contributed by atoms with E-state index in [1.165, 1.54) is 6.92 Å². The Morgan fingerprint density at radius 1 is 1.08 bits per heavy atom. The second-order valence-corrected chi connectivity index (χ2v) is 15.2. The van der Waals surface area contributed by atoms with Gasteiger partial charge in [0, 0.05) is 24.7 Å². The number of ketones is 1. The lowest BCUT2D eigenvalue weighted by atomic mass is 9.32. The van der Waals surface area contributed by atoms with Crippen molar-refractivity contribution >= 4 is 11.8 Å². The average Bonchev–Trinajstić information content (AvgIpc) is 2.82. The number of hydrogen-bond donors (Lipinski definition) is 1. The van der Waals surface area contributed by atoms with E-state index in [0.29, 0.717) is 24.4 Å². The summed E-state index contributed by atoms with van der Waals surface area (Å²) in [6.07, 6.45) is 9.06. The topological polar surface area (TPSA) is 87.4 Å². The van der Waals surface area contributed by atoms with Gasteiger partial charge in [-0.2, -0.15) is 5.26 Å². The Hall–Kier alpha value is -1.67. The molecule has 10 atom stereocenters. The van der Waals surface area contributed by atoms with Gasteiger partial charge in [0.15, 0.2) is 0 Å². The van der Waals surface area contributed by atoms with Gasteiger partial charge in [-0.25, -0.2) is 0 Å². The van der Waals surface area contributed by atoms with Crippen molar-refractivity contribution in [1.29, 1.82) is 5.26 Å². The van der Waals surface area contributed by atoms with Gasteiger partial charge in [0.25, 0.3) is 0 Å². The van der Waals surface area contributed by atoms with Crippen LogP contribution in [0, 0.1) is 68.0 Å². The number of carbonyl (C=O) groups excluding carboxylic acids is 2. The third kappa shape index (κ3) is 3.64. The Bertz CT molecular complexity index is 1070. The van der Waals surface area contributed by atoms with E-state index in [9.17, 15) is 20.0 Å². The molecule has 0 saturated heterocycles. The van der Waals surface area contributed by atoms with Crippen LogP contribution in [0.15, 0.2) is 11.6 Å². The van der Waals surface area contributed by atoms with Crippen LogP contribution in [0.1, 0.15) is 99.8 Å². The van der Waals surface area contributed by atoms with Crippen molar-refractivity contribution in [1.82, 2.24) is 0 Å². The molecule has 0 aromatic rings. The SMILES string of the molecule is CC(=O)OC[C@]12CCC(C)(C)CC1C1C(=O)C[C@@H]3[C@@]4(C)C=C(C#N)C(O)[C@@H](C)[C@@H]4CC[C@@]3(C)[C@]1(C)CC2. The molecular formula is C32H47NO4. The number of esters is 1. The van der Waals surface area contributed by atoms with E-state index in [-0.39, 0.29) is 62.6 Å². The summed E-state index contributed by atoms with van der Waals surface area (Å²) in [7, 11) is 0. The third-order valence-corrected chi connectivity index (χ3v) is 13.1. The monoisotopic (exact) mass is 509 g/mol. The van der Waals surface area contributed by atoms with Crippen molar-refractivity contribution in [2.45, 2.75) is 106 Å². The number of aliphatic hydroxyl groups excluding tert-OH is 1. The Morgan fingerprint density at radius 2 is 1.76 bits per heavy atom. The molecule has 1 N–H and O–H groups in total. The molecule has 5 aliphatic carbocycles. The zero-order valence-corrected chi connectivity index (χ0v) is 24.0. The van der Waals surface area contributed by atoms with Gasteiger partial charge in [-0.15, -0.1) is 0 Å². The number of fused-ring (bicyclic) bond motifs is 7. The van der Waals surface area contributed by atoms with E-state index in [0.717, 1.165) is 44.9 Å². The van der Waals surface area contributed by atoms with Crippen molar-refractivity contribution in [2.75, 3.05) is 6.61 Å². The van der Waals surface area contributed by atoms with E-state index < -0.39 is 6.10 Å². The molecule has 0 spiro atoms. The number of allylic oxidation sites excluding steroid dienone is 1. The maximum absolute atomic E-state index is 14.4. The molecule has 5 aliphatic rings. The molecule has 0 bridgehead atoms. The van der Waals surface area contributed by atoms with Gasteiger partial charge in [-0.1, -0.05) is 47.6 Å². The van der Waals surface area contributed by atoms with Crippen LogP contribution in [0.3, 0.4) is 0 Å². The summed E-state index contributed by atoms with van der Waals surface area (Å²) in [6, 6.07) is 2.29. The maximum atomic E-state index is 14.4. The summed E-state index contributed by atoms with van der Waals surface area (Å²) >= 11 is 0. The second-order valence-electron chi connectivity index (χ2n) is 15.2. The smallest absolute Gasteiger partial charge is 0.302 e. The summed E-state index contributed by atoms with van der Waals surface area (Å²) in [6.45, 7) is 15.8. The highest BCUT2D eigenvalue weighted by Crippen LogP contribution is 2.75. The molecule has 0 aromatic heterocycles. The lowest BCUT2D eigenvalue weighted by Crippen LogP contribution is -2.68. The molecule has 5 heteroatoms. The van der Waals surface area contributed by atoms with Crippen LogP contribution < -0.4 is 0 Å². The van der Waals surface area contributed by atoms with E-state index in [4.69, 9.17) is 4.74 Å². The molecule has 0 aliphatic heterocycles. The first kappa shape index (κ1) is 26.9. The van der Waals surface area contributed by atoms with E-state index in [1.807, 2.05) is 0 Å². The zero-order valence-electron chi connectivity index (χ0n) is 24.0. The molecule has 204 valence electrons. The summed E-state index contributed by atoms with van der Waals surface area (Å²) in [5.41, 5.74) is 0.0857. The Kier molecular flexibility index (Phi) is 6.12. The zero-order chi connectivity index (χ0) is 27.2. The maximum Gasteiger partial charge on any atom is 0.302 e. The van der Waals surface area contributed by atoms with Gasteiger partial charge >= 0.3 is 5.97 Å². The number of nitriles is 1. The minimum Gasteiger partial charge on any atom is -0.465 e. The summed E-state index contributed by atoms with van der Waals surface area (Å²) < 4.78 is 5.71. The van der Waals surface area contributed by atoms with Crippen molar-refractivity contribution in [2.24, 2.45) is 56.7 Å². The highest BCUT2D eigenvalue weighted by atomic mass is 16.5. The van der Waals surface area contributed by atoms with Crippen LogP contribution in [0.5, 0.6) is 0 Å². The first-order chi connectivity index (χ1) is 17.1. The first-order valence-electron chi connectivity index (χ1n) is 14.6. The molecule has 5 nitrogen and oxygen atoms in total. The molecule has 0 amide bonds. The summed E-state index contributed by atoms with van der Waals surface area (Å²) in [4.78, 5) is 26.3. The minimum absolute atomic E-state index is 0.0108. The molecule has 5 rings (SSSR count). The highest BCUT2D eigenvalue weighted by Gasteiger charge is 2.71. The number of ether oxygens (including phenoxy) is 1. The number of Topliss-reactive ketones (excluding diaryl/α,β-unsaturated/α-hetero) is 1. The van der Waals surface area contributed by atoms with Crippen molar-refractivity contribution in [3.8, 4) is 6.07 Å². The lowest BCUT2D eigenvalue weighted by Gasteiger charge is -2.71. The van der Waals surface area contributed by atoms with Gasteiger partial charge < -0.3 is 9.84 Å². The standard InChI is InChI=1S/C32H47NO4/c1-19-22-8-9-30(6)25(29(22,5)15-21(17-33)27(19)36)14-24(35)26-23-16-28(3,4)10-12-32(23,18-37-20(2)34)13-11-31(26,30)7/h15,19,22-23,25-27,36H,8-14,16,18H2,1-7H3/t19-,22-,23?,25+,26?,27?,29-,30+,31+,32+/m0/s1. The number of aliphatic hydroxyl groups is 1. The molecule has 4 saturated carbocycles. The Balaban J connectivity index is 1.59. The van der Waals surface area contributed by atoms with E-state index >= 15 is 0 Å². The predicted octanol–water partition coefficient (Wildman–Crippen LogP) is 6.25. The molecular weight excluding hydrogens is 462 g/mol. The Labute approximate surface area is 223 Å². The number of hydrogen-bond acceptors (Lipinski definition) is 5. The van der Waals surface area contributed by atoms with E-state index in [1.54, 1.807) is 0 Å². The number of nitrogens with zero attached hydrogens (tertiary/aromatic N) is 1. The van der Waals surface area contributed by atoms with Crippen LogP contribution >= 0.6 is 0 Å². The molecule has 0 radical (unpaired) electrons. The van der Waals surface area contributed by atoms with Crippen LogP contribution in [0.25, 0.3) is 0 Å². The number of carbonyl (C=O) groups is 2. The van der Waals surface area contributed by atoms with Gasteiger partial charge in [0.1, 0.15) is 5.78 Å². The van der Waals surface area contributed by atoms with Crippen molar-refractivity contribution in [3.63, 3.8) is 0 Å². The largest absolute Gasteiger partial charge is 0.465 e. The lowest BCUT2D eigenvalue weighted by molar-refractivity contribution is -0.226. The van der Waals surface area contributed by atoms with Gasteiger partial charge in [0.05, 0.1) is 24.4 Å². The molecule has 37 heavy (non-hydrogen) atoms. The minimum atomic E-state index is -0.712. The fourth-order valence-corrected chi connectivity index (χ4v) is 10.7. The van der Waals surface area contributed by atoms with Crippen LogP contribution in [-0.2, 0) is 14.3 Å². The van der Waals surface area contributed by atoms with E-state index in [2.05, 4.69) is 53.7 Å². The molecule has 0 aromatic carbocycles. The van der Waals surface area contributed by atoms with Crippen LogP contribution in [0.2, 0.25) is 0 Å². The Morgan fingerprint density at radius 3 is 2.41 bits per heavy atom. The summed E-state index contributed by atoms with van der Waals surface area (Å²) in [5, 5.41) is 20.7. The quantitative estimate of drug-likeness (QED) is 0.445. The second kappa shape index (κ2) is 8.41. The molecule has 4 fully saturated rings. The third-order valence-electron chi connectivity index (χ3n) is 13.1. The van der Waals surface area contributed by atoms with Crippen molar-refractivity contribution < 1.29 is 19.4 Å². The first-order valence-corrected chi connectivity index (χ1v) is 14.6.